The summed E-state index contributed by atoms with van der Waals surface area (Å²) >= 11 is 0. The third-order valence-electron chi connectivity index (χ3n) is 13.6. The van der Waals surface area contributed by atoms with Gasteiger partial charge in [0.1, 0.15) is 11.2 Å². The molecule has 0 aliphatic carbocycles. The van der Waals surface area contributed by atoms with Gasteiger partial charge in [-0.05, 0) is 107 Å². The lowest BCUT2D eigenvalue weighted by Crippen LogP contribution is -2.00. The second-order valence-corrected chi connectivity index (χ2v) is 17.6. The first-order chi connectivity index (χ1) is 34.2. The Balaban J connectivity index is 0.910. The van der Waals surface area contributed by atoms with Gasteiger partial charge in [0.05, 0.1) is 22.1 Å². The summed E-state index contributed by atoms with van der Waals surface area (Å²) in [7, 11) is 0. The van der Waals surface area contributed by atoms with Crippen molar-refractivity contribution in [3.8, 4) is 67.8 Å². The number of rotatable bonds is 7. The maximum absolute atomic E-state index is 6.47. The Morgan fingerprint density at radius 1 is 0.275 bits per heavy atom. The van der Waals surface area contributed by atoms with Crippen molar-refractivity contribution in [3.63, 3.8) is 0 Å². The zero-order valence-corrected chi connectivity index (χ0v) is 37.2. The van der Waals surface area contributed by atoms with E-state index in [9.17, 15) is 0 Å². The Kier molecular flexibility index (Phi) is 8.79. The van der Waals surface area contributed by atoms with Crippen molar-refractivity contribution in [2.75, 3.05) is 0 Å². The predicted octanol–water partition coefficient (Wildman–Crippen LogP) is 16.3. The van der Waals surface area contributed by atoms with Crippen LogP contribution in [0.4, 0.5) is 0 Å². The Bertz CT molecular complexity index is 4230. The molecule has 0 aliphatic rings. The fourth-order valence-corrected chi connectivity index (χ4v) is 10.4. The van der Waals surface area contributed by atoms with E-state index in [0.29, 0.717) is 17.5 Å². The lowest BCUT2D eigenvalue weighted by atomic mass is 9.97. The number of hydrogen-bond acceptors (Lipinski definition) is 4. The van der Waals surface area contributed by atoms with E-state index in [0.717, 1.165) is 72.2 Å². The van der Waals surface area contributed by atoms with E-state index in [2.05, 4.69) is 173 Å². The van der Waals surface area contributed by atoms with Crippen LogP contribution in [0.1, 0.15) is 0 Å². The Morgan fingerprint density at radius 2 is 0.754 bits per heavy atom. The average Bonchev–Trinajstić information content (AvgIpc) is 4.08. The van der Waals surface area contributed by atoms with E-state index in [1.807, 2.05) is 72.8 Å². The van der Waals surface area contributed by atoms with Crippen molar-refractivity contribution in [1.29, 1.82) is 0 Å². The van der Waals surface area contributed by atoms with Crippen LogP contribution in [0.25, 0.3) is 133 Å². The van der Waals surface area contributed by atoms with Crippen molar-refractivity contribution in [3.05, 3.63) is 237 Å². The minimum Gasteiger partial charge on any atom is -0.456 e. The van der Waals surface area contributed by atoms with Gasteiger partial charge in [0.2, 0.25) is 0 Å². The van der Waals surface area contributed by atoms with Crippen molar-refractivity contribution < 1.29 is 4.42 Å². The van der Waals surface area contributed by atoms with Crippen LogP contribution in [0.5, 0.6) is 0 Å². The van der Waals surface area contributed by atoms with Gasteiger partial charge in [-0.3, -0.25) is 0 Å². The maximum Gasteiger partial charge on any atom is 0.164 e. The molecule has 6 nitrogen and oxygen atoms in total. The summed E-state index contributed by atoms with van der Waals surface area (Å²) in [6.07, 6.45) is 0. The van der Waals surface area contributed by atoms with Crippen LogP contribution in [0.2, 0.25) is 0 Å². The number of hydrogen-bond donors (Lipinski definition) is 0. The molecule has 0 aliphatic heterocycles. The maximum atomic E-state index is 6.47. The third kappa shape index (κ3) is 6.38. The van der Waals surface area contributed by atoms with Gasteiger partial charge in [-0.2, -0.15) is 0 Å². The minimum absolute atomic E-state index is 0.605. The van der Waals surface area contributed by atoms with Crippen LogP contribution in [0.3, 0.4) is 0 Å². The van der Waals surface area contributed by atoms with Gasteiger partial charge in [0, 0.05) is 60.4 Å². The van der Waals surface area contributed by atoms with Gasteiger partial charge in [-0.1, -0.05) is 152 Å². The SMILES string of the molecule is c1ccc(-c2nc(-c3ccccc3)nc(-c3ccc4oc5ccc(-c6ccc7c8cc(-c9cccc%10c9c9ccccc9n%10-c9ccccc9)ccc8n(-c8ccccc8)c7c6)cc5c4c3)n2)cc1. The van der Waals surface area contributed by atoms with Crippen LogP contribution in [0, 0.1) is 0 Å². The highest BCUT2D eigenvalue weighted by molar-refractivity contribution is 6.18. The first-order valence-electron chi connectivity index (χ1n) is 23.3. The van der Waals surface area contributed by atoms with E-state index in [1.165, 1.54) is 43.7 Å². The highest BCUT2D eigenvalue weighted by Crippen LogP contribution is 2.43. The Morgan fingerprint density at radius 3 is 1.42 bits per heavy atom. The largest absolute Gasteiger partial charge is 0.456 e. The molecule has 10 aromatic carbocycles. The van der Waals surface area contributed by atoms with E-state index in [-0.39, 0.29) is 0 Å². The van der Waals surface area contributed by atoms with Gasteiger partial charge >= 0.3 is 0 Å². The Hall–Kier alpha value is -9.39. The minimum atomic E-state index is 0.605. The molecular formula is C63H39N5O. The normalized spacial score (nSPS) is 11.8. The molecule has 6 heteroatoms. The number of fused-ring (bicyclic) bond motifs is 9. The van der Waals surface area contributed by atoms with Crippen LogP contribution in [0.15, 0.2) is 241 Å². The number of furan rings is 1. The van der Waals surface area contributed by atoms with Crippen LogP contribution in [-0.4, -0.2) is 24.1 Å². The van der Waals surface area contributed by atoms with Gasteiger partial charge in [-0.25, -0.2) is 15.0 Å². The first-order valence-corrected chi connectivity index (χ1v) is 23.3. The van der Waals surface area contributed by atoms with Crippen molar-refractivity contribution in [2.24, 2.45) is 0 Å². The molecule has 0 radical (unpaired) electrons. The zero-order chi connectivity index (χ0) is 45.4. The second kappa shape index (κ2) is 15.6. The van der Waals surface area contributed by atoms with E-state index in [4.69, 9.17) is 19.4 Å². The molecule has 322 valence electrons. The summed E-state index contributed by atoms with van der Waals surface area (Å²) in [6.45, 7) is 0. The molecule has 0 spiro atoms. The van der Waals surface area contributed by atoms with Crippen molar-refractivity contribution in [1.82, 2.24) is 24.1 Å². The number of benzene rings is 10. The number of para-hydroxylation sites is 3. The Labute approximate surface area is 396 Å². The molecule has 14 aromatic rings. The fraction of sp³-hybridized carbons (Fsp3) is 0. The summed E-state index contributed by atoms with van der Waals surface area (Å²) in [5.41, 5.74) is 15.9. The molecule has 0 atom stereocenters. The van der Waals surface area contributed by atoms with E-state index < -0.39 is 0 Å². The van der Waals surface area contributed by atoms with E-state index in [1.54, 1.807) is 0 Å². The highest BCUT2D eigenvalue weighted by Gasteiger charge is 2.20. The number of nitrogens with zero attached hydrogens (tertiary/aromatic N) is 5. The summed E-state index contributed by atoms with van der Waals surface area (Å²) in [5, 5.41) is 6.92. The van der Waals surface area contributed by atoms with Crippen LogP contribution >= 0.6 is 0 Å². The molecule has 0 saturated heterocycles. The summed E-state index contributed by atoms with van der Waals surface area (Å²) in [5.74, 6) is 1.86. The van der Waals surface area contributed by atoms with Crippen LogP contribution < -0.4 is 0 Å². The molecule has 0 saturated carbocycles. The fourth-order valence-electron chi connectivity index (χ4n) is 10.4. The second-order valence-electron chi connectivity index (χ2n) is 17.6. The van der Waals surface area contributed by atoms with Gasteiger partial charge in [0.25, 0.3) is 0 Å². The summed E-state index contributed by atoms with van der Waals surface area (Å²) in [6, 6.07) is 83.6. The van der Waals surface area contributed by atoms with Crippen molar-refractivity contribution in [2.45, 2.75) is 0 Å². The van der Waals surface area contributed by atoms with Crippen molar-refractivity contribution >= 4 is 65.6 Å². The van der Waals surface area contributed by atoms with Crippen LogP contribution in [-0.2, 0) is 0 Å². The molecule has 0 fully saturated rings. The molecule has 0 unspecified atom stereocenters. The molecule has 4 heterocycles. The lowest BCUT2D eigenvalue weighted by Gasteiger charge is -2.10. The smallest absolute Gasteiger partial charge is 0.164 e. The predicted molar refractivity (Wildman–Crippen MR) is 283 cm³/mol. The summed E-state index contributed by atoms with van der Waals surface area (Å²) < 4.78 is 11.3. The van der Waals surface area contributed by atoms with Gasteiger partial charge in [-0.15, -0.1) is 0 Å². The topological polar surface area (TPSA) is 61.7 Å². The lowest BCUT2D eigenvalue weighted by molar-refractivity contribution is 0.669. The molecular weight excluding hydrogens is 843 g/mol. The standard InChI is InChI=1S/C63H39N5O/c1-5-16-40(17-6-1)61-64-62(41-18-7-2-8-19-41)66-63(65-61)45-31-35-59-53(38-45)52-36-42(30-34-58(52)69-59)43-28-32-49-51-37-44(29-33-55(51)68(57(49)39-43)47-22-11-4-12-23-47)48-25-15-27-56-60(48)50-24-13-14-26-54(50)67(56)46-20-9-3-10-21-46/h1-39H. The molecule has 4 aromatic heterocycles. The quantitative estimate of drug-likeness (QED) is 0.160. The highest BCUT2D eigenvalue weighted by atomic mass is 16.3. The third-order valence-corrected chi connectivity index (χ3v) is 13.6. The zero-order valence-electron chi connectivity index (χ0n) is 37.2. The summed E-state index contributed by atoms with van der Waals surface area (Å²) in [4.78, 5) is 15.0. The van der Waals surface area contributed by atoms with Gasteiger partial charge in [0.15, 0.2) is 17.5 Å². The molecule has 14 rings (SSSR count). The average molecular weight is 882 g/mol. The van der Waals surface area contributed by atoms with E-state index >= 15 is 0 Å². The number of aromatic nitrogens is 5. The molecule has 0 N–H and O–H groups in total. The first kappa shape index (κ1) is 38.8. The monoisotopic (exact) mass is 881 g/mol. The van der Waals surface area contributed by atoms with Gasteiger partial charge < -0.3 is 13.6 Å². The molecule has 69 heavy (non-hydrogen) atoms. The molecule has 0 amide bonds. The molecule has 0 bridgehead atoms.